The Bertz CT molecular complexity index is 517. The summed E-state index contributed by atoms with van der Waals surface area (Å²) in [6.07, 6.45) is 3.43. The van der Waals surface area contributed by atoms with Crippen LogP contribution in [0.1, 0.15) is 36.5 Å². The van der Waals surface area contributed by atoms with Crippen LogP contribution in [-0.2, 0) is 0 Å². The smallest absolute Gasteiger partial charge is 0.253 e. The van der Waals surface area contributed by atoms with Crippen molar-refractivity contribution in [2.45, 2.75) is 32.2 Å². The van der Waals surface area contributed by atoms with Gasteiger partial charge in [-0.1, -0.05) is 25.1 Å². The molecule has 2 heterocycles. The van der Waals surface area contributed by atoms with Gasteiger partial charge in [0.05, 0.1) is 0 Å². The van der Waals surface area contributed by atoms with Gasteiger partial charge in [0.15, 0.2) is 0 Å². The highest BCUT2D eigenvalue weighted by molar-refractivity contribution is 5.94. The SMILES string of the molecule is CN(CC1(C)CCNC1)C1CCN(C(=O)c2ccccc2)CC1. The lowest BCUT2D eigenvalue weighted by molar-refractivity contribution is 0.0604. The van der Waals surface area contributed by atoms with Crippen LogP contribution in [-0.4, -0.2) is 61.5 Å². The predicted molar refractivity (Wildman–Crippen MR) is 93.6 cm³/mol. The summed E-state index contributed by atoms with van der Waals surface area (Å²) in [5, 5.41) is 3.48. The first kappa shape index (κ1) is 16.5. The summed E-state index contributed by atoms with van der Waals surface area (Å²) in [4.78, 5) is 17.0. The maximum atomic E-state index is 12.5. The monoisotopic (exact) mass is 315 g/mol. The molecule has 23 heavy (non-hydrogen) atoms. The zero-order valence-corrected chi connectivity index (χ0v) is 14.4. The Labute approximate surface area is 139 Å². The zero-order valence-electron chi connectivity index (χ0n) is 14.4. The second-order valence-corrected chi connectivity index (χ2v) is 7.54. The number of piperidine rings is 1. The molecule has 1 aromatic carbocycles. The lowest BCUT2D eigenvalue weighted by atomic mass is 9.88. The molecule has 126 valence electrons. The number of nitrogens with one attached hydrogen (secondary N) is 1. The quantitative estimate of drug-likeness (QED) is 0.925. The molecule has 2 aliphatic rings. The van der Waals surface area contributed by atoms with Crippen LogP contribution in [0.25, 0.3) is 0 Å². The fraction of sp³-hybridized carbons (Fsp3) is 0.632. The summed E-state index contributed by atoms with van der Waals surface area (Å²) in [7, 11) is 2.25. The molecule has 0 spiro atoms. The highest BCUT2D eigenvalue weighted by Crippen LogP contribution is 2.27. The van der Waals surface area contributed by atoms with Gasteiger partial charge in [0.2, 0.25) is 0 Å². The molecular formula is C19H29N3O. The van der Waals surface area contributed by atoms with Gasteiger partial charge in [-0.15, -0.1) is 0 Å². The number of likely N-dealkylation sites (tertiary alicyclic amines) is 1. The fourth-order valence-corrected chi connectivity index (χ4v) is 4.01. The number of amides is 1. The maximum Gasteiger partial charge on any atom is 0.253 e. The fourth-order valence-electron chi connectivity index (χ4n) is 4.01. The number of nitrogens with zero attached hydrogens (tertiary/aromatic N) is 2. The summed E-state index contributed by atoms with van der Waals surface area (Å²) in [6, 6.07) is 10.3. The number of rotatable bonds is 4. The van der Waals surface area contributed by atoms with Gasteiger partial charge < -0.3 is 15.1 Å². The van der Waals surface area contributed by atoms with Crippen molar-refractivity contribution in [1.29, 1.82) is 0 Å². The Kier molecular flexibility index (Phi) is 5.02. The summed E-state index contributed by atoms with van der Waals surface area (Å²) >= 11 is 0. The van der Waals surface area contributed by atoms with Crippen LogP contribution in [0.4, 0.5) is 0 Å². The van der Waals surface area contributed by atoms with E-state index < -0.39 is 0 Å². The third-order valence-corrected chi connectivity index (χ3v) is 5.48. The van der Waals surface area contributed by atoms with Gasteiger partial charge >= 0.3 is 0 Å². The third kappa shape index (κ3) is 3.93. The minimum Gasteiger partial charge on any atom is -0.339 e. The average Bonchev–Trinajstić information content (AvgIpc) is 3.01. The van der Waals surface area contributed by atoms with E-state index >= 15 is 0 Å². The highest BCUT2D eigenvalue weighted by Gasteiger charge is 2.33. The molecule has 0 aliphatic carbocycles. The standard InChI is InChI=1S/C19H29N3O/c1-19(10-11-20-14-19)15-21(2)17-8-12-22(13-9-17)18(23)16-6-4-3-5-7-16/h3-7,17,20H,8-15H2,1-2H3. The molecule has 4 heteroatoms. The number of hydrogen-bond acceptors (Lipinski definition) is 3. The topological polar surface area (TPSA) is 35.6 Å². The first-order valence-corrected chi connectivity index (χ1v) is 8.83. The van der Waals surface area contributed by atoms with Crippen molar-refractivity contribution in [2.75, 3.05) is 39.8 Å². The predicted octanol–water partition coefficient (Wildman–Crippen LogP) is 2.22. The molecule has 4 nitrogen and oxygen atoms in total. The van der Waals surface area contributed by atoms with E-state index in [1.165, 1.54) is 6.42 Å². The molecule has 1 amide bonds. The van der Waals surface area contributed by atoms with Crippen molar-refractivity contribution in [3.05, 3.63) is 35.9 Å². The number of hydrogen-bond donors (Lipinski definition) is 1. The van der Waals surface area contributed by atoms with Crippen LogP contribution in [0.5, 0.6) is 0 Å². The molecule has 1 aromatic rings. The summed E-state index contributed by atoms with van der Waals surface area (Å²) in [5.74, 6) is 0.179. The molecule has 0 radical (unpaired) electrons. The molecule has 0 aromatic heterocycles. The van der Waals surface area contributed by atoms with Crippen LogP contribution in [0.2, 0.25) is 0 Å². The van der Waals surface area contributed by atoms with Gasteiger partial charge in [-0.05, 0) is 50.4 Å². The second-order valence-electron chi connectivity index (χ2n) is 7.54. The number of carbonyl (C=O) groups is 1. The van der Waals surface area contributed by atoms with E-state index in [9.17, 15) is 4.79 Å². The van der Waals surface area contributed by atoms with E-state index in [0.29, 0.717) is 11.5 Å². The molecular weight excluding hydrogens is 286 g/mol. The lowest BCUT2D eigenvalue weighted by Crippen LogP contribution is -2.48. The molecule has 1 unspecified atom stereocenters. The summed E-state index contributed by atoms with van der Waals surface area (Å²) < 4.78 is 0. The van der Waals surface area contributed by atoms with Crippen molar-refractivity contribution >= 4 is 5.91 Å². The maximum absolute atomic E-state index is 12.5. The Hall–Kier alpha value is -1.39. The third-order valence-electron chi connectivity index (χ3n) is 5.48. The Morgan fingerprint density at radius 1 is 1.30 bits per heavy atom. The van der Waals surface area contributed by atoms with Crippen LogP contribution < -0.4 is 5.32 Å². The number of carbonyl (C=O) groups excluding carboxylic acids is 1. The molecule has 2 fully saturated rings. The average molecular weight is 315 g/mol. The number of benzene rings is 1. The van der Waals surface area contributed by atoms with E-state index in [1.54, 1.807) is 0 Å². The molecule has 3 rings (SSSR count). The van der Waals surface area contributed by atoms with Gasteiger partial charge in [-0.25, -0.2) is 0 Å². The van der Waals surface area contributed by atoms with Crippen molar-refractivity contribution in [2.24, 2.45) is 5.41 Å². The minimum atomic E-state index is 0.179. The minimum absolute atomic E-state index is 0.179. The summed E-state index contributed by atoms with van der Waals surface area (Å²) in [5.41, 5.74) is 1.22. The van der Waals surface area contributed by atoms with Gasteiger partial charge in [-0.3, -0.25) is 4.79 Å². The van der Waals surface area contributed by atoms with E-state index in [0.717, 1.165) is 51.1 Å². The molecule has 2 aliphatic heterocycles. The van der Waals surface area contributed by atoms with Gasteiger partial charge in [0, 0.05) is 37.8 Å². The van der Waals surface area contributed by atoms with E-state index in [2.05, 4.69) is 24.2 Å². The van der Waals surface area contributed by atoms with Crippen LogP contribution >= 0.6 is 0 Å². The van der Waals surface area contributed by atoms with Crippen LogP contribution in [0.15, 0.2) is 30.3 Å². The van der Waals surface area contributed by atoms with Crippen LogP contribution in [0.3, 0.4) is 0 Å². The molecule has 1 atom stereocenters. The lowest BCUT2D eigenvalue weighted by Gasteiger charge is -2.39. The van der Waals surface area contributed by atoms with Crippen LogP contribution in [0, 0.1) is 5.41 Å². The Morgan fingerprint density at radius 2 is 2.00 bits per heavy atom. The molecule has 0 bridgehead atoms. The first-order chi connectivity index (χ1) is 11.1. The van der Waals surface area contributed by atoms with E-state index in [4.69, 9.17) is 0 Å². The Balaban J connectivity index is 1.51. The summed E-state index contributed by atoms with van der Waals surface area (Å²) in [6.45, 7) is 7.56. The second kappa shape index (κ2) is 7.02. The molecule has 0 saturated carbocycles. The van der Waals surface area contributed by atoms with Gasteiger partial charge in [0.1, 0.15) is 0 Å². The largest absolute Gasteiger partial charge is 0.339 e. The van der Waals surface area contributed by atoms with E-state index in [-0.39, 0.29) is 5.91 Å². The molecule has 2 saturated heterocycles. The zero-order chi connectivity index (χ0) is 16.3. The van der Waals surface area contributed by atoms with Crippen molar-refractivity contribution < 1.29 is 4.79 Å². The first-order valence-electron chi connectivity index (χ1n) is 8.83. The normalized spacial score (nSPS) is 26.0. The van der Waals surface area contributed by atoms with Crippen molar-refractivity contribution in [1.82, 2.24) is 15.1 Å². The molecule has 1 N–H and O–H groups in total. The van der Waals surface area contributed by atoms with Gasteiger partial charge in [-0.2, -0.15) is 0 Å². The Morgan fingerprint density at radius 3 is 2.61 bits per heavy atom. The van der Waals surface area contributed by atoms with E-state index in [1.807, 2.05) is 35.2 Å². The van der Waals surface area contributed by atoms with Crippen molar-refractivity contribution in [3.8, 4) is 0 Å². The highest BCUT2D eigenvalue weighted by atomic mass is 16.2. The van der Waals surface area contributed by atoms with Gasteiger partial charge in [0.25, 0.3) is 5.91 Å². The van der Waals surface area contributed by atoms with Crippen molar-refractivity contribution in [3.63, 3.8) is 0 Å².